The third-order valence-electron chi connectivity index (χ3n) is 4.89. The smallest absolute Gasteiger partial charge is 0.224 e. The van der Waals surface area contributed by atoms with Crippen LogP contribution in [0.1, 0.15) is 34.3 Å². The van der Waals surface area contributed by atoms with Crippen LogP contribution in [0, 0.1) is 0 Å². The summed E-state index contributed by atoms with van der Waals surface area (Å²) in [6.07, 6.45) is 2.44. The zero-order chi connectivity index (χ0) is 19.9. The summed E-state index contributed by atoms with van der Waals surface area (Å²) < 4.78 is 10.6. The van der Waals surface area contributed by atoms with Crippen molar-refractivity contribution in [3.8, 4) is 11.5 Å². The first-order valence-electron chi connectivity index (χ1n) is 9.48. The fourth-order valence-corrected chi connectivity index (χ4v) is 3.30. The summed E-state index contributed by atoms with van der Waals surface area (Å²) in [4.78, 5) is 23.8. The van der Waals surface area contributed by atoms with Crippen molar-refractivity contribution in [1.29, 1.82) is 0 Å². The molecule has 7 heteroatoms. The molecule has 0 saturated carbocycles. The minimum atomic E-state index is 0. The Morgan fingerprint density at radius 1 is 1.03 bits per heavy atom. The number of benzene rings is 2. The predicted molar refractivity (Wildman–Crippen MR) is 116 cm³/mol. The van der Waals surface area contributed by atoms with E-state index >= 15 is 0 Å². The summed E-state index contributed by atoms with van der Waals surface area (Å²) in [5.41, 5.74) is 3.71. The molecule has 0 unspecified atom stereocenters. The fourth-order valence-electron chi connectivity index (χ4n) is 3.30. The van der Waals surface area contributed by atoms with Gasteiger partial charge in [-0.1, -0.05) is 6.07 Å². The van der Waals surface area contributed by atoms with Crippen molar-refractivity contribution in [3.63, 3.8) is 0 Å². The van der Waals surface area contributed by atoms with Crippen molar-refractivity contribution in [1.82, 2.24) is 5.32 Å². The lowest BCUT2D eigenvalue weighted by Crippen LogP contribution is -2.22. The Hall–Kier alpha value is -2.57. The van der Waals surface area contributed by atoms with Crippen LogP contribution < -0.4 is 20.1 Å². The molecule has 1 aliphatic heterocycles. The van der Waals surface area contributed by atoms with Crippen molar-refractivity contribution in [2.75, 3.05) is 32.6 Å². The number of carbonyl (C=O) groups is 2. The number of nitrogens with one attached hydrogen (secondary N) is 2. The highest BCUT2D eigenvalue weighted by atomic mass is 35.5. The molecule has 29 heavy (non-hydrogen) atoms. The van der Waals surface area contributed by atoms with Gasteiger partial charge in [-0.3, -0.25) is 9.59 Å². The molecular weight excluding hydrogens is 392 g/mol. The number of aryl methyl sites for hydroxylation is 1. The molecule has 6 nitrogen and oxygen atoms in total. The molecule has 0 atom stereocenters. The molecule has 156 valence electrons. The molecule has 1 aliphatic rings. The van der Waals surface area contributed by atoms with Crippen LogP contribution in [0.3, 0.4) is 0 Å². The molecule has 2 aromatic rings. The van der Waals surface area contributed by atoms with Crippen LogP contribution in [0.15, 0.2) is 36.4 Å². The summed E-state index contributed by atoms with van der Waals surface area (Å²) in [6, 6.07) is 11.4. The van der Waals surface area contributed by atoms with E-state index < -0.39 is 0 Å². The second kappa shape index (κ2) is 10.8. The minimum absolute atomic E-state index is 0. The van der Waals surface area contributed by atoms with Crippen molar-refractivity contribution in [3.05, 3.63) is 53.1 Å². The quantitative estimate of drug-likeness (QED) is 0.482. The van der Waals surface area contributed by atoms with E-state index in [1.54, 1.807) is 20.3 Å². The van der Waals surface area contributed by atoms with Gasteiger partial charge in [0.1, 0.15) is 0 Å². The van der Waals surface area contributed by atoms with E-state index in [0.717, 1.165) is 41.3 Å². The molecule has 2 N–H and O–H groups in total. The third kappa shape index (κ3) is 5.95. The molecule has 0 fully saturated rings. The van der Waals surface area contributed by atoms with Crippen LogP contribution in [-0.2, 0) is 17.6 Å². The van der Waals surface area contributed by atoms with Gasteiger partial charge in [-0.05, 0) is 60.8 Å². The molecule has 0 spiro atoms. The van der Waals surface area contributed by atoms with Crippen LogP contribution in [0.2, 0.25) is 0 Å². The number of amides is 1. The lowest BCUT2D eigenvalue weighted by Gasteiger charge is -2.17. The van der Waals surface area contributed by atoms with Gasteiger partial charge in [-0.15, -0.1) is 12.4 Å². The fraction of sp³-hybridized carbons (Fsp3) is 0.364. The minimum Gasteiger partial charge on any atom is -0.493 e. The summed E-state index contributed by atoms with van der Waals surface area (Å²) in [5.74, 6) is 1.58. The molecule has 3 rings (SSSR count). The number of anilines is 1. The number of hydrogen-bond donors (Lipinski definition) is 2. The number of fused-ring (bicyclic) bond motifs is 1. The number of carbonyl (C=O) groups excluding carboxylic acids is 2. The van der Waals surface area contributed by atoms with Gasteiger partial charge < -0.3 is 20.1 Å². The number of hydrogen-bond acceptors (Lipinski definition) is 5. The maximum Gasteiger partial charge on any atom is 0.224 e. The highest BCUT2D eigenvalue weighted by Crippen LogP contribution is 2.27. The van der Waals surface area contributed by atoms with E-state index in [0.29, 0.717) is 31.4 Å². The first kappa shape index (κ1) is 22.7. The lowest BCUT2D eigenvalue weighted by molar-refractivity contribution is -0.116. The van der Waals surface area contributed by atoms with Gasteiger partial charge in [0.05, 0.1) is 14.2 Å². The maximum atomic E-state index is 12.4. The Kier molecular flexibility index (Phi) is 8.49. The van der Waals surface area contributed by atoms with Crippen LogP contribution in [0.5, 0.6) is 11.5 Å². The van der Waals surface area contributed by atoms with E-state index in [4.69, 9.17) is 9.47 Å². The van der Waals surface area contributed by atoms with Gasteiger partial charge in [0.2, 0.25) is 5.91 Å². The van der Waals surface area contributed by atoms with E-state index in [9.17, 15) is 9.59 Å². The first-order valence-corrected chi connectivity index (χ1v) is 9.48. The zero-order valence-corrected chi connectivity index (χ0v) is 17.6. The molecule has 0 saturated heterocycles. The van der Waals surface area contributed by atoms with Crippen LogP contribution in [-0.4, -0.2) is 39.0 Å². The number of rotatable bonds is 9. The average molecular weight is 419 g/mol. The van der Waals surface area contributed by atoms with Crippen molar-refractivity contribution in [2.45, 2.75) is 25.7 Å². The van der Waals surface area contributed by atoms with E-state index in [1.807, 2.05) is 30.3 Å². The Bertz CT molecular complexity index is 870. The number of ketones is 1. The number of ether oxygens (including phenoxy) is 2. The van der Waals surface area contributed by atoms with Gasteiger partial charge in [-0.25, -0.2) is 0 Å². The van der Waals surface area contributed by atoms with Gasteiger partial charge in [0, 0.05) is 30.6 Å². The van der Waals surface area contributed by atoms with E-state index in [2.05, 4.69) is 10.6 Å². The summed E-state index contributed by atoms with van der Waals surface area (Å²) in [5, 5.41) is 6.16. The van der Waals surface area contributed by atoms with Crippen LogP contribution in [0.4, 0.5) is 5.69 Å². The normalized spacial score (nSPS) is 12.4. The lowest BCUT2D eigenvalue weighted by atomic mass is 9.98. The molecule has 0 radical (unpaired) electrons. The topological polar surface area (TPSA) is 76.7 Å². The Morgan fingerprint density at radius 2 is 1.83 bits per heavy atom. The molecule has 1 amide bonds. The van der Waals surface area contributed by atoms with E-state index in [-0.39, 0.29) is 24.1 Å². The number of Topliss-reactive ketones (excluding diaryl/α,β-unsaturated/α-hetero) is 1. The third-order valence-corrected chi connectivity index (χ3v) is 4.89. The Morgan fingerprint density at radius 3 is 2.59 bits per heavy atom. The van der Waals surface area contributed by atoms with Gasteiger partial charge in [0.15, 0.2) is 17.3 Å². The largest absolute Gasteiger partial charge is 0.493 e. The monoisotopic (exact) mass is 418 g/mol. The summed E-state index contributed by atoms with van der Waals surface area (Å²) >= 11 is 0. The summed E-state index contributed by atoms with van der Waals surface area (Å²) in [6.45, 7) is 1.40. The first-order chi connectivity index (χ1) is 13.6. The standard InChI is InChI=1S/C22H26N2O4.ClH/c1-27-20-7-3-15(13-21(20)28-2)9-11-23-12-10-19(25)17-4-6-18-16(14-17)5-8-22(26)24-18;/h3-4,6-7,13-14,23H,5,8-12H2,1-2H3,(H,24,26);1H. The molecule has 0 aliphatic carbocycles. The molecular formula is C22H27ClN2O4. The highest BCUT2D eigenvalue weighted by molar-refractivity contribution is 5.99. The average Bonchev–Trinajstić information content (AvgIpc) is 2.72. The zero-order valence-electron chi connectivity index (χ0n) is 16.7. The van der Waals surface area contributed by atoms with Gasteiger partial charge in [-0.2, -0.15) is 0 Å². The van der Waals surface area contributed by atoms with E-state index in [1.165, 1.54) is 0 Å². The summed E-state index contributed by atoms with van der Waals surface area (Å²) in [7, 11) is 3.24. The van der Waals surface area contributed by atoms with Crippen LogP contribution >= 0.6 is 12.4 Å². The number of methoxy groups -OCH3 is 2. The second-order valence-corrected chi connectivity index (χ2v) is 6.78. The van der Waals surface area contributed by atoms with Crippen molar-refractivity contribution in [2.24, 2.45) is 0 Å². The molecule has 1 heterocycles. The van der Waals surface area contributed by atoms with Crippen molar-refractivity contribution < 1.29 is 19.1 Å². The molecule has 0 aromatic heterocycles. The molecule has 2 aromatic carbocycles. The van der Waals surface area contributed by atoms with Crippen LogP contribution in [0.25, 0.3) is 0 Å². The number of halogens is 1. The Balaban J connectivity index is 0.00000300. The second-order valence-electron chi connectivity index (χ2n) is 6.78. The molecule has 0 bridgehead atoms. The van der Waals surface area contributed by atoms with Crippen molar-refractivity contribution >= 4 is 29.8 Å². The van der Waals surface area contributed by atoms with Gasteiger partial charge >= 0.3 is 0 Å². The predicted octanol–water partition coefficient (Wildman–Crippen LogP) is 3.42. The Labute approximate surface area is 177 Å². The SMILES string of the molecule is COc1ccc(CCNCCC(=O)c2ccc3c(c2)CCC(=O)N3)cc1OC.Cl. The highest BCUT2D eigenvalue weighted by Gasteiger charge is 2.16. The maximum absolute atomic E-state index is 12.4. The van der Waals surface area contributed by atoms with Gasteiger partial charge in [0.25, 0.3) is 0 Å².